The lowest BCUT2D eigenvalue weighted by molar-refractivity contribution is -0.138. The third-order valence-electron chi connectivity index (χ3n) is 4.14. The fourth-order valence-corrected chi connectivity index (χ4v) is 2.75. The van der Waals surface area contributed by atoms with Gasteiger partial charge in [0.1, 0.15) is 0 Å². The first-order chi connectivity index (χ1) is 13.1. The topological polar surface area (TPSA) is 111 Å². The average molecular weight is 407 g/mol. The van der Waals surface area contributed by atoms with E-state index in [2.05, 4.69) is 15.3 Å². The first-order valence-electron chi connectivity index (χ1n) is 8.77. The number of hydrogen-bond acceptors (Lipinski definition) is 7. The predicted molar refractivity (Wildman–Crippen MR) is 93.1 cm³/mol. The van der Waals surface area contributed by atoms with Crippen LogP contribution in [0.5, 0.6) is 0 Å². The summed E-state index contributed by atoms with van der Waals surface area (Å²) in [6.45, 7) is 4.51. The number of aromatic nitrogens is 2. The highest BCUT2D eigenvalue weighted by atomic mass is 19.4. The molecule has 2 heterocycles. The second kappa shape index (κ2) is 9.85. The van der Waals surface area contributed by atoms with Gasteiger partial charge in [0.05, 0.1) is 30.9 Å². The molecule has 1 aromatic heterocycles. The van der Waals surface area contributed by atoms with Crippen LogP contribution in [0.1, 0.15) is 12.5 Å². The van der Waals surface area contributed by atoms with Gasteiger partial charge in [-0.3, -0.25) is 4.90 Å². The third-order valence-corrected chi connectivity index (χ3v) is 4.14. The number of carbonyl (C=O) groups is 1. The molecule has 12 heteroatoms. The fourth-order valence-electron chi connectivity index (χ4n) is 2.75. The number of rotatable bonds is 8. The lowest BCUT2D eigenvalue weighted by atomic mass is 10.2. The van der Waals surface area contributed by atoms with E-state index in [0.717, 1.165) is 12.4 Å². The van der Waals surface area contributed by atoms with E-state index in [4.69, 9.17) is 9.84 Å². The van der Waals surface area contributed by atoms with E-state index in [-0.39, 0.29) is 25.2 Å². The number of nitrogens with one attached hydrogen (secondary N) is 1. The van der Waals surface area contributed by atoms with Gasteiger partial charge in [-0.1, -0.05) is 0 Å². The first kappa shape index (κ1) is 22.1. The van der Waals surface area contributed by atoms with Crippen molar-refractivity contribution in [2.45, 2.75) is 25.2 Å². The Morgan fingerprint density at radius 2 is 1.86 bits per heavy atom. The number of hydrogen-bond donors (Lipinski definition) is 3. The number of nitrogens with zero attached hydrogens (tertiary/aromatic N) is 4. The zero-order valence-electron chi connectivity index (χ0n) is 15.4. The van der Waals surface area contributed by atoms with E-state index in [1.54, 1.807) is 11.8 Å². The smallest absolute Gasteiger partial charge is 0.419 e. The molecule has 0 aromatic carbocycles. The van der Waals surface area contributed by atoms with Gasteiger partial charge in [-0.05, 0) is 6.92 Å². The molecule has 1 fully saturated rings. The molecule has 1 saturated heterocycles. The summed E-state index contributed by atoms with van der Waals surface area (Å²) in [4.78, 5) is 21.9. The summed E-state index contributed by atoms with van der Waals surface area (Å²) in [6, 6.07) is -0.378. The summed E-state index contributed by atoms with van der Waals surface area (Å²) in [6.07, 6.45) is -4.78. The minimum atomic E-state index is -4.46. The highest BCUT2D eigenvalue weighted by molar-refractivity contribution is 5.64. The van der Waals surface area contributed by atoms with Gasteiger partial charge in [0.25, 0.3) is 0 Å². The van der Waals surface area contributed by atoms with Crippen molar-refractivity contribution in [1.82, 2.24) is 20.2 Å². The largest absolute Gasteiger partial charge is 0.465 e. The van der Waals surface area contributed by atoms with Crippen molar-refractivity contribution in [3.8, 4) is 0 Å². The van der Waals surface area contributed by atoms with E-state index < -0.39 is 23.9 Å². The quantitative estimate of drug-likeness (QED) is 0.576. The molecule has 1 aliphatic heterocycles. The van der Waals surface area contributed by atoms with Crippen LogP contribution in [0.25, 0.3) is 0 Å². The number of halogens is 3. The van der Waals surface area contributed by atoms with Crippen LogP contribution in [0, 0.1) is 0 Å². The van der Waals surface area contributed by atoms with Crippen molar-refractivity contribution in [2.24, 2.45) is 0 Å². The van der Waals surface area contributed by atoms with Crippen molar-refractivity contribution in [3.05, 3.63) is 18.0 Å². The lowest BCUT2D eigenvalue weighted by Crippen LogP contribution is -2.49. The second-order valence-electron chi connectivity index (χ2n) is 6.60. The summed E-state index contributed by atoms with van der Waals surface area (Å²) < 4.78 is 43.0. The molecule has 158 valence electrons. The molecule has 1 aromatic rings. The summed E-state index contributed by atoms with van der Waals surface area (Å²) in [5.74, 6) is 0.247. The number of ether oxygens (including phenoxy) is 1. The Morgan fingerprint density at radius 1 is 1.25 bits per heavy atom. The molecule has 0 saturated carbocycles. The molecule has 0 radical (unpaired) electrons. The van der Waals surface area contributed by atoms with Gasteiger partial charge in [-0.2, -0.15) is 13.2 Å². The van der Waals surface area contributed by atoms with Gasteiger partial charge >= 0.3 is 12.3 Å². The van der Waals surface area contributed by atoms with Gasteiger partial charge in [0.2, 0.25) is 5.95 Å². The monoisotopic (exact) mass is 407 g/mol. The molecule has 2 rings (SSSR count). The summed E-state index contributed by atoms with van der Waals surface area (Å²) >= 11 is 0. The number of carboxylic acid groups (broad SMARTS) is 1. The molecule has 28 heavy (non-hydrogen) atoms. The Bertz CT molecular complexity index is 624. The van der Waals surface area contributed by atoms with Gasteiger partial charge in [-0.15, -0.1) is 0 Å². The predicted octanol–water partition coefficient (Wildman–Crippen LogP) is 0.651. The van der Waals surface area contributed by atoms with Crippen LogP contribution in [0.15, 0.2) is 12.4 Å². The number of anilines is 1. The summed E-state index contributed by atoms with van der Waals surface area (Å²) in [5.41, 5.74) is -0.883. The highest BCUT2D eigenvalue weighted by Crippen LogP contribution is 2.28. The Hall–Kier alpha value is -2.18. The van der Waals surface area contributed by atoms with Crippen LogP contribution >= 0.6 is 0 Å². The standard InChI is InChI=1S/C16H24F3N5O4/c1-11(22-15(26)27)9-28-10-13(25)8-23-2-4-24(5-3-23)14-20-6-12(7-21-14)16(17,18)19/h6-7,11,13,22,25H,2-5,8-10H2,1H3,(H,26,27)/t11-,13?/m0/s1. The van der Waals surface area contributed by atoms with Crippen LogP contribution in [0.2, 0.25) is 0 Å². The van der Waals surface area contributed by atoms with Crippen LogP contribution in [-0.4, -0.2) is 89.3 Å². The third kappa shape index (κ3) is 7.09. The molecule has 1 amide bonds. The number of β-amino-alcohol motifs (C(OH)–C–C–N with tert-alkyl or cyclic N) is 1. The van der Waals surface area contributed by atoms with E-state index in [1.807, 2.05) is 4.90 Å². The van der Waals surface area contributed by atoms with Crippen LogP contribution in [0.4, 0.5) is 23.9 Å². The van der Waals surface area contributed by atoms with E-state index in [1.165, 1.54) is 0 Å². The SMILES string of the molecule is C[C@@H](COCC(O)CN1CCN(c2ncc(C(F)(F)F)cn2)CC1)NC(=O)O. The first-order valence-corrected chi connectivity index (χ1v) is 8.77. The van der Waals surface area contributed by atoms with E-state index in [0.29, 0.717) is 32.7 Å². The average Bonchev–Trinajstić information content (AvgIpc) is 2.61. The van der Waals surface area contributed by atoms with Crippen LogP contribution in [0.3, 0.4) is 0 Å². The number of amides is 1. The van der Waals surface area contributed by atoms with Crippen molar-refractivity contribution in [3.63, 3.8) is 0 Å². The Kier molecular flexibility index (Phi) is 7.78. The number of aliphatic hydroxyl groups excluding tert-OH is 1. The molecule has 0 bridgehead atoms. The molecule has 2 atom stereocenters. The summed E-state index contributed by atoms with van der Waals surface area (Å²) in [7, 11) is 0. The van der Waals surface area contributed by atoms with E-state index in [9.17, 15) is 23.1 Å². The molecule has 0 aliphatic carbocycles. The number of alkyl halides is 3. The van der Waals surface area contributed by atoms with Gasteiger partial charge in [-0.25, -0.2) is 14.8 Å². The van der Waals surface area contributed by atoms with Crippen LogP contribution in [-0.2, 0) is 10.9 Å². The van der Waals surface area contributed by atoms with Crippen molar-refractivity contribution >= 4 is 12.0 Å². The molecular formula is C16H24F3N5O4. The Balaban J connectivity index is 1.69. The highest BCUT2D eigenvalue weighted by Gasteiger charge is 2.31. The number of aliphatic hydroxyl groups is 1. The van der Waals surface area contributed by atoms with Crippen LogP contribution < -0.4 is 10.2 Å². The Labute approximate surface area is 160 Å². The summed E-state index contributed by atoms with van der Waals surface area (Å²) in [5, 5.41) is 20.9. The van der Waals surface area contributed by atoms with Crippen molar-refractivity contribution < 1.29 is 32.9 Å². The zero-order valence-corrected chi connectivity index (χ0v) is 15.4. The molecule has 0 spiro atoms. The molecule has 3 N–H and O–H groups in total. The normalized spacial score (nSPS) is 18.0. The number of piperazine rings is 1. The van der Waals surface area contributed by atoms with Gasteiger partial charge in [0, 0.05) is 45.1 Å². The molecule has 1 aliphatic rings. The second-order valence-corrected chi connectivity index (χ2v) is 6.60. The lowest BCUT2D eigenvalue weighted by Gasteiger charge is -2.35. The molecule has 9 nitrogen and oxygen atoms in total. The Morgan fingerprint density at radius 3 is 2.39 bits per heavy atom. The van der Waals surface area contributed by atoms with Gasteiger partial charge < -0.3 is 25.2 Å². The minimum absolute atomic E-state index is 0.0773. The van der Waals surface area contributed by atoms with Crippen molar-refractivity contribution in [1.29, 1.82) is 0 Å². The maximum atomic E-state index is 12.6. The maximum absolute atomic E-state index is 12.6. The maximum Gasteiger partial charge on any atom is 0.419 e. The zero-order chi connectivity index (χ0) is 20.7. The molecular weight excluding hydrogens is 383 g/mol. The molecule has 1 unspecified atom stereocenters. The van der Waals surface area contributed by atoms with Gasteiger partial charge in [0.15, 0.2) is 0 Å². The van der Waals surface area contributed by atoms with Crippen molar-refractivity contribution in [2.75, 3.05) is 50.8 Å². The minimum Gasteiger partial charge on any atom is -0.465 e. The van der Waals surface area contributed by atoms with E-state index >= 15 is 0 Å². The fraction of sp³-hybridized carbons (Fsp3) is 0.688.